The molecule has 18 heteroatoms. The maximum Gasteiger partial charge on any atom is 0.326 e. The van der Waals surface area contributed by atoms with E-state index >= 15 is 0 Å². The minimum absolute atomic E-state index is 0.00493. The predicted molar refractivity (Wildman–Crippen MR) is 205 cm³/mol. The third-order valence-corrected chi connectivity index (χ3v) is 9.62. The number of aryl methyl sites for hydroxylation is 1. The molecule has 4 atom stereocenters. The Bertz CT molecular complexity index is 1530. The van der Waals surface area contributed by atoms with E-state index in [9.17, 15) is 43.8 Å². The fourth-order valence-electron chi connectivity index (χ4n) is 6.18. The first-order valence-electron chi connectivity index (χ1n) is 19.3. The number of hydrogen-bond donors (Lipinski definition) is 7. The molecule has 0 saturated heterocycles. The summed E-state index contributed by atoms with van der Waals surface area (Å²) in [6.45, 7) is 4.52. The third kappa shape index (κ3) is 19.5. The van der Waals surface area contributed by atoms with Gasteiger partial charge in [0.25, 0.3) is 0 Å². The number of carboxylic acid groups (broad SMARTS) is 4. The molecule has 0 saturated carbocycles. The number of nitrogens with one attached hydrogen (secondary N) is 3. The number of allylic oxidation sites excluding steroid dienone is 1. The smallest absolute Gasteiger partial charge is 0.326 e. The van der Waals surface area contributed by atoms with Crippen molar-refractivity contribution in [2.24, 2.45) is 23.9 Å². The number of urea groups is 1. The molecule has 56 heavy (non-hydrogen) atoms. The Kier molecular flexibility index (Phi) is 21.7. The van der Waals surface area contributed by atoms with E-state index in [2.05, 4.69) is 43.8 Å². The number of amides is 3. The second-order valence-corrected chi connectivity index (χ2v) is 14.3. The second kappa shape index (κ2) is 25.9. The number of hydrogen-bond acceptors (Lipinski definition) is 10. The average molecular weight is 790 g/mol. The zero-order valence-electron chi connectivity index (χ0n) is 32.5. The van der Waals surface area contributed by atoms with Crippen molar-refractivity contribution in [3.05, 3.63) is 30.5 Å². The van der Waals surface area contributed by atoms with Crippen LogP contribution in [0.5, 0.6) is 0 Å². The van der Waals surface area contributed by atoms with Crippen molar-refractivity contribution in [3.63, 3.8) is 0 Å². The van der Waals surface area contributed by atoms with Crippen molar-refractivity contribution < 1.29 is 54.0 Å². The van der Waals surface area contributed by atoms with Gasteiger partial charge in [-0.15, -0.1) is 0 Å². The lowest BCUT2D eigenvalue weighted by Crippen LogP contribution is -2.51. The number of carbonyl (C=O) groups excluding carboxylic acids is 3. The summed E-state index contributed by atoms with van der Waals surface area (Å²) >= 11 is 0. The highest BCUT2D eigenvalue weighted by molar-refractivity contribution is 5.92. The standard InChI is InChI=1S/C38H59N7O11/c1-26-17-19-39-31(26)24-45(25-32-40-20-22-44(32)2)21-10-8-11-27(35(50)51)23-28(46)12-5-3-4-6-14-33(47)41-18-9-7-13-29(36(52)53)42-38(56)43-30(37(54)55)15-16-34(48)49/h17,19-20,22,26-27,29-30H,3-16,18,21,23-25H2,1-2H3,(H,41,47)(H,48,49)(H,50,51)(H,52,53)(H,54,55)(H2,42,43,56)/t26?,27-,29+,30+/m1/s1. The van der Waals surface area contributed by atoms with E-state index in [0.717, 1.165) is 37.3 Å². The van der Waals surface area contributed by atoms with Crippen LogP contribution in [-0.2, 0) is 42.4 Å². The molecule has 312 valence electrons. The molecular formula is C38H59N7O11. The van der Waals surface area contributed by atoms with Gasteiger partial charge in [0.1, 0.15) is 23.7 Å². The van der Waals surface area contributed by atoms with Gasteiger partial charge in [-0.2, -0.15) is 0 Å². The van der Waals surface area contributed by atoms with Crippen molar-refractivity contribution in [2.75, 3.05) is 19.6 Å². The van der Waals surface area contributed by atoms with Gasteiger partial charge < -0.3 is 40.9 Å². The quantitative estimate of drug-likeness (QED) is 0.0533. The Labute approximate surface area is 327 Å². The number of aliphatic carboxylic acids is 4. The van der Waals surface area contributed by atoms with Crippen LogP contribution in [0.1, 0.15) is 109 Å². The Morgan fingerprint density at radius 1 is 0.786 bits per heavy atom. The lowest BCUT2D eigenvalue weighted by atomic mass is 9.94. The van der Waals surface area contributed by atoms with Crippen molar-refractivity contribution in [2.45, 2.75) is 122 Å². The molecule has 1 aromatic heterocycles. The summed E-state index contributed by atoms with van der Waals surface area (Å²) in [6.07, 6.45) is 12.7. The van der Waals surface area contributed by atoms with E-state index < -0.39 is 54.3 Å². The summed E-state index contributed by atoms with van der Waals surface area (Å²) in [4.78, 5) is 93.6. The molecule has 2 heterocycles. The minimum atomic E-state index is -1.49. The molecular weight excluding hydrogens is 730 g/mol. The first kappa shape index (κ1) is 47.0. The minimum Gasteiger partial charge on any atom is -0.481 e. The third-order valence-electron chi connectivity index (χ3n) is 9.62. The van der Waals surface area contributed by atoms with Crippen molar-refractivity contribution in [1.82, 2.24) is 30.4 Å². The number of Topliss-reactive ketones (excluding diaryl/α,β-unsaturated/α-hetero) is 1. The van der Waals surface area contributed by atoms with E-state index in [1.165, 1.54) is 0 Å². The number of aromatic nitrogens is 2. The summed E-state index contributed by atoms with van der Waals surface area (Å²) in [7, 11) is 1.95. The van der Waals surface area contributed by atoms with Gasteiger partial charge in [-0.3, -0.25) is 29.1 Å². The van der Waals surface area contributed by atoms with Gasteiger partial charge in [-0.25, -0.2) is 19.4 Å². The number of rotatable bonds is 31. The Balaban J connectivity index is 1.58. The van der Waals surface area contributed by atoms with Gasteiger partial charge in [-0.1, -0.05) is 32.3 Å². The monoisotopic (exact) mass is 789 g/mol. The van der Waals surface area contributed by atoms with Crippen LogP contribution in [0.2, 0.25) is 0 Å². The number of carboxylic acids is 4. The van der Waals surface area contributed by atoms with Crippen LogP contribution >= 0.6 is 0 Å². The van der Waals surface area contributed by atoms with Crippen molar-refractivity contribution in [1.29, 1.82) is 0 Å². The molecule has 0 radical (unpaired) electrons. The molecule has 3 amide bonds. The number of carbonyl (C=O) groups is 7. The van der Waals surface area contributed by atoms with Crippen LogP contribution in [0.25, 0.3) is 0 Å². The van der Waals surface area contributed by atoms with Gasteiger partial charge in [0.2, 0.25) is 5.91 Å². The van der Waals surface area contributed by atoms with E-state index in [4.69, 9.17) is 10.2 Å². The average Bonchev–Trinajstić information content (AvgIpc) is 3.73. The maximum absolute atomic E-state index is 12.6. The molecule has 18 nitrogen and oxygen atoms in total. The molecule has 0 aromatic carbocycles. The van der Waals surface area contributed by atoms with Crippen LogP contribution < -0.4 is 16.0 Å². The van der Waals surface area contributed by atoms with Crippen LogP contribution in [0, 0.1) is 11.8 Å². The summed E-state index contributed by atoms with van der Waals surface area (Å²) in [5.74, 6) is -4.72. The van der Waals surface area contributed by atoms with E-state index in [-0.39, 0.29) is 43.3 Å². The Morgan fingerprint density at radius 2 is 1.45 bits per heavy atom. The lowest BCUT2D eigenvalue weighted by Gasteiger charge is -2.23. The summed E-state index contributed by atoms with van der Waals surface area (Å²) in [5.41, 5.74) is 1.09. The second-order valence-electron chi connectivity index (χ2n) is 14.3. The molecule has 1 unspecified atom stereocenters. The van der Waals surface area contributed by atoms with Gasteiger partial charge in [0.15, 0.2) is 0 Å². The molecule has 0 fully saturated rings. The highest BCUT2D eigenvalue weighted by Gasteiger charge is 2.25. The zero-order chi connectivity index (χ0) is 41.5. The predicted octanol–water partition coefficient (Wildman–Crippen LogP) is 3.35. The zero-order valence-corrected chi connectivity index (χ0v) is 32.5. The van der Waals surface area contributed by atoms with E-state index in [0.29, 0.717) is 64.6 Å². The molecule has 2 rings (SSSR count). The van der Waals surface area contributed by atoms with Crippen LogP contribution in [-0.4, -0.2) is 114 Å². The first-order chi connectivity index (χ1) is 26.7. The lowest BCUT2D eigenvalue weighted by molar-refractivity contribution is -0.144. The molecule has 1 aromatic rings. The van der Waals surface area contributed by atoms with Crippen LogP contribution in [0.3, 0.4) is 0 Å². The van der Waals surface area contributed by atoms with E-state index in [1.807, 2.05) is 24.0 Å². The summed E-state index contributed by atoms with van der Waals surface area (Å²) in [5, 5.41) is 44.1. The van der Waals surface area contributed by atoms with Gasteiger partial charge >= 0.3 is 29.9 Å². The molecule has 1 aliphatic rings. The fraction of sp³-hybridized carbons (Fsp3) is 0.658. The van der Waals surface area contributed by atoms with Gasteiger partial charge in [-0.05, 0) is 57.9 Å². The number of nitrogens with zero attached hydrogens (tertiary/aromatic N) is 4. The first-order valence-corrected chi connectivity index (χ1v) is 19.3. The van der Waals surface area contributed by atoms with Gasteiger partial charge in [0.05, 0.1) is 12.5 Å². The molecule has 7 N–H and O–H groups in total. The molecule has 0 bridgehead atoms. The number of aliphatic imine (C=N–C) groups is 1. The van der Waals surface area contributed by atoms with Crippen molar-refractivity contribution in [3.8, 4) is 0 Å². The summed E-state index contributed by atoms with van der Waals surface area (Å²) in [6, 6.07) is -3.85. The Hall–Kier alpha value is -5.13. The maximum atomic E-state index is 12.6. The van der Waals surface area contributed by atoms with Gasteiger partial charge in [0, 0.05) is 76.0 Å². The van der Waals surface area contributed by atoms with Crippen LogP contribution in [0.15, 0.2) is 29.7 Å². The topological polar surface area (TPSA) is 270 Å². The molecule has 0 aliphatic carbocycles. The molecule has 1 aliphatic heterocycles. The fourth-order valence-corrected chi connectivity index (χ4v) is 6.18. The normalized spacial score (nSPS) is 15.1. The SMILES string of the molecule is CC1C=CN=C1CN(CCCC[C@H](CC(=O)CCCCCCC(=O)NCCCC[C@H](NC(=O)N[C@@H](CCC(=O)O)C(=O)O)C(=O)O)C(=O)O)Cc1nccn1C. The Morgan fingerprint density at radius 3 is 2.04 bits per heavy atom. The highest BCUT2D eigenvalue weighted by Crippen LogP contribution is 2.18. The molecule has 0 spiro atoms. The number of ketones is 1. The van der Waals surface area contributed by atoms with Crippen molar-refractivity contribution >= 4 is 47.3 Å². The largest absolute Gasteiger partial charge is 0.481 e. The van der Waals surface area contributed by atoms with E-state index in [1.54, 1.807) is 6.20 Å². The number of imidazole rings is 1. The van der Waals surface area contributed by atoms with Crippen LogP contribution in [0.4, 0.5) is 4.79 Å². The number of unbranched alkanes of at least 4 members (excludes halogenated alkanes) is 5. The highest BCUT2D eigenvalue weighted by atomic mass is 16.4. The summed E-state index contributed by atoms with van der Waals surface area (Å²) < 4.78 is 1.98.